The first kappa shape index (κ1) is 39.0. The van der Waals surface area contributed by atoms with Gasteiger partial charge in [-0.2, -0.15) is 4.98 Å². The van der Waals surface area contributed by atoms with Gasteiger partial charge in [0.15, 0.2) is 5.82 Å². The zero-order valence-corrected chi connectivity index (χ0v) is 30.8. The second kappa shape index (κ2) is 19.5. The number of fused-ring (bicyclic) bond motifs is 1. The van der Waals surface area contributed by atoms with Crippen molar-refractivity contribution in [1.82, 2.24) is 35.2 Å². The van der Waals surface area contributed by atoms with Crippen molar-refractivity contribution >= 4 is 23.2 Å². The summed E-state index contributed by atoms with van der Waals surface area (Å²) in [5.74, 6) is -0.134. The number of benzene rings is 3. The lowest BCUT2D eigenvalue weighted by Gasteiger charge is -2.15. The van der Waals surface area contributed by atoms with Crippen LogP contribution in [0.1, 0.15) is 69.3 Å². The number of H-pyrrole nitrogens is 1. The molecule has 3 aromatic carbocycles. The number of carbonyl (C=O) groups excluding carboxylic acids is 2. The van der Waals surface area contributed by atoms with E-state index in [2.05, 4.69) is 30.9 Å². The van der Waals surface area contributed by atoms with Crippen LogP contribution >= 0.6 is 0 Å². The number of aromatic amines is 1. The zero-order valence-electron chi connectivity index (χ0n) is 30.8. The van der Waals surface area contributed by atoms with Gasteiger partial charge in [0.2, 0.25) is 11.6 Å². The molecule has 0 spiro atoms. The number of unbranched alkanes of at least 4 members (excludes halogenated alkanes) is 3. The van der Waals surface area contributed by atoms with Crippen molar-refractivity contribution in [2.45, 2.75) is 66.2 Å². The van der Waals surface area contributed by atoms with Crippen molar-refractivity contribution in [3.8, 4) is 28.5 Å². The fourth-order valence-electron chi connectivity index (χ4n) is 5.69. The molecule has 0 amide bonds. The van der Waals surface area contributed by atoms with Crippen molar-refractivity contribution < 1.29 is 38.3 Å². The molecule has 2 heterocycles. The number of hydrogen-bond donors (Lipinski definition) is 1. The molecule has 5 aromatic rings. The van der Waals surface area contributed by atoms with Crippen LogP contribution in [-0.2, 0) is 25.6 Å². The minimum atomic E-state index is -1.22. The molecule has 2 aromatic heterocycles. The van der Waals surface area contributed by atoms with Gasteiger partial charge in [0.1, 0.15) is 6.61 Å². The monoisotopic (exact) mass is 743 g/mol. The maximum atomic E-state index is 13.5. The average molecular weight is 744 g/mol. The van der Waals surface area contributed by atoms with Gasteiger partial charge in [0.25, 0.3) is 6.01 Å². The molecule has 1 unspecified atom stereocenters. The number of hydrogen-bond acceptors (Lipinski definition) is 13. The van der Waals surface area contributed by atoms with Crippen LogP contribution in [0.4, 0.5) is 4.79 Å². The number of hydrazine groups is 1. The fourth-order valence-corrected chi connectivity index (χ4v) is 5.69. The zero-order chi connectivity index (χ0) is 38.3. The van der Waals surface area contributed by atoms with Crippen LogP contribution < -0.4 is 4.74 Å². The van der Waals surface area contributed by atoms with Gasteiger partial charge in [-0.25, -0.2) is 14.7 Å². The minimum absolute atomic E-state index is 0.131. The van der Waals surface area contributed by atoms with Crippen molar-refractivity contribution in [3.63, 3.8) is 0 Å². The Kier molecular flexibility index (Phi) is 14.1. The van der Waals surface area contributed by atoms with Gasteiger partial charge in [-0.05, 0) is 85.7 Å². The van der Waals surface area contributed by atoms with E-state index >= 15 is 0 Å². The molecular weight excluding hydrogens is 698 g/mol. The van der Waals surface area contributed by atoms with Crippen molar-refractivity contribution in [2.75, 3.05) is 32.9 Å². The lowest BCUT2D eigenvalue weighted by molar-refractivity contribution is -0.710. The molecule has 17 heteroatoms. The molecule has 0 aliphatic carbocycles. The van der Waals surface area contributed by atoms with E-state index < -0.39 is 18.4 Å². The van der Waals surface area contributed by atoms with Crippen LogP contribution in [0.3, 0.4) is 0 Å². The summed E-state index contributed by atoms with van der Waals surface area (Å²) in [5.41, 5.74) is 5.03. The number of carbonyl (C=O) groups is 2. The molecule has 54 heavy (non-hydrogen) atoms. The Morgan fingerprint density at radius 2 is 1.67 bits per heavy atom. The number of rotatable bonds is 20. The van der Waals surface area contributed by atoms with Gasteiger partial charge in [0.05, 0.1) is 54.4 Å². The van der Waals surface area contributed by atoms with E-state index in [0.29, 0.717) is 73.5 Å². The molecule has 0 radical (unpaired) electrons. The van der Waals surface area contributed by atoms with Crippen LogP contribution in [0.15, 0.2) is 72.0 Å². The quantitative estimate of drug-likeness (QED) is 0.0221. The number of tetrazole rings is 1. The number of esters is 1. The first-order valence-electron chi connectivity index (χ1n) is 18.0. The number of imidazole rings is 1. The summed E-state index contributed by atoms with van der Waals surface area (Å²) in [7, 11) is 0. The van der Waals surface area contributed by atoms with Crippen LogP contribution in [0.2, 0.25) is 0 Å². The van der Waals surface area contributed by atoms with Gasteiger partial charge < -0.3 is 29.0 Å². The number of nitrogens with one attached hydrogen (secondary N) is 1. The Labute approximate surface area is 312 Å². The molecule has 286 valence electrons. The van der Waals surface area contributed by atoms with E-state index in [0.717, 1.165) is 35.1 Å². The highest BCUT2D eigenvalue weighted by atomic mass is 16.8. The summed E-state index contributed by atoms with van der Waals surface area (Å²) in [6.07, 6.45) is 0.674. The number of para-hydroxylation sites is 1. The Bertz CT molecular complexity index is 1980. The Balaban J connectivity index is 1.15. The number of aromatic nitrogens is 6. The molecule has 0 fully saturated rings. The van der Waals surface area contributed by atoms with Gasteiger partial charge in [-0.15, -0.1) is 10.1 Å². The SMILES string of the molecule is CCOc1nc2cccc(C(=O)OC(C)OC(=O)OCCCCCCO/N=[N+](\[O-])N(CC)CC)c2n1Cc1ccc(-c2ccccc2-c2nnn[nH]2)cc1. The van der Waals surface area contributed by atoms with Gasteiger partial charge in [-0.1, -0.05) is 54.6 Å². The topological polar surface area (TPSA) is 194 Å². The Morgan fingerprint density at radius 1 is 0.926 bits per heavy atom. The Hall–Kier alpha value is -6.26. The first-order chi connectivity index (χ1) is 26.3. The predicted molar refractivity (Wildman–Crippen MR) is 196 cm³/mol. The lowest BCUT2D eigenvalue weighted by atomic mass is 9.98. The summed E-state index contributed by atoms with van der Waals surface area (Å²) < 4.78 is 23.6. The minimum Gasteiger partial charge on any atom is -0.569 e. The van der Waals surface area contributed by atoms with Crippen LogP contribution in [-0.4, -0.2) is 91.5 Å². The third-order valence-electron chi connectivity index (χ3n) is 8.34. The molecule has 0 aliphatic heterocycles. The van der Waals surface area contributed by atoms with E-state index in [9.17, 15) is 14.8 Å². The first-order valence-corrected chi connectivity index (χ1v) is 18.0. The lowest BCUT2D eigenvalue weighted by Crippen LogP contribution is -2.30. The van der Waals surface area contributed by atoms with Crippen LogP contribution in [0.25, 0.3) is 33.5 Å². The second-order valence-electron chi connectivity index (χ2n) is 12.0. The van der Waals surface area contributed by atoms with Crippen molar-refractivity contribution in [1.29, 1.82) is 0 Å². The summed E-state index contributed by atoms with van der Waals surface area (Å²) >= 11 is 0. The molecule has 1 atom stereocenters. The van der Waals surface area contributed by atoms with Gasteiger partial charge in [0, 0.05) is 12.5 Å². The second-order valence-corrected chi connectivity index (χ2v) is 12.0. The average Bonchev–Trinajstić information content (AvgIpc) is 3.84. The highest BCUT2D eigenvalue weighted by Crippen LogP contribution is 2.31. The highest BCUT2D eigenvalue weighted by Gasteiger charge is 2.23. The molecular formula is C37H45N9O8. The standard InChI is InChI=1S/C37H45N9O8/c1-5-44(6-2)46(49)43-52-24-13-9-8-12-23-51-37(48)54-26(4)53-35(47)31-17-14-18-32-33(31)45(36(38-32)50-7-3)25-27-19-21-28(22-20-27)29-15-10-11-16-30(29)34-39-41-42-40-34/h10-11,14-22,26H,5-9,12-13,23-25H2,1-4H3,(H,39,40,41,42)/b46-43-. The Morgan fingerprint density at radius 3 is 2.37 bits per heavy atom. The summed E-state index contributed by atoms with van der Waals surface area (Å²) in [5, 5.41) is 31.0. The van der Waals surface area contributed by atoms with E-state index in [-0.39, 0.29) is 12.2 Å². The van der Waals surface area contributed by atoms with Gasteiger partial charge in [-0.3, -0.25) is 4.57 Å². The summed E-state index contributed by atoms with van der Waals surface area (Å²) in [6.45, 7) is 9.24. The summed E-state index contributed by atoms with van der Waals surface area (Å²) in [6, 6.07) is 21.3. The van der Waals surface area contributed by atoms with E-state index in [1.807, 2.05) is 73.9 Å². The fraction of sp³-hybridized carbons (Fsp3) is 0.405. The van der Waals surface area contributed by atoms with Gasteiger partial charge >= 0.3 is 12.1 Å². The third-order valence-corrected chi connectivity index (χ3v) is 8.34. The molecule has 0 saturated carbocycles. The normalized spacial score (nSPS) is 12.0. The molecule has 0 aliphatic rings. The summed E-state index contributed by atoms with van der Waals surface area (Å²) in [4.78, 5) is 35.9. The molecule has 1 N–H and O–H groups in total. The smallest absolute Gasteiger partial charge is 0.511 e. The van der Waals surface area contributed by atoms with E-state index in [1.54, 1.807) is 18.2 Å². The molecule has 0 bridgehead atoms. The third kappa shape index (κ3) is 10.2. The number of ether oxygens (including phenoxy) is 4. The highest BCUT2D eigenvalue weighted by molar-refractivity contribution is 6.02. The predicted octanol–water partition coefficient (Wildman–Crippen LogP) is 6.70. The molecule has 0 saturated heterocycles. The van der Waals surface area contributed by atoms with Crippen molar-refractivity contribution in [2.24, 2.45) is 5.28 Å². The van der Waals surface area contributed by atoms with Crippen molar-refractivity contribution in [3.05, 3.63) is 83.1 Å². The largest absolute Gasteiger partial charge is 0.569 e. The molecule has 5 rings (SSSR count). The van der Waals surface area contributed by atoms with E-state index in [1.165, 1.54) is 11.9 Å². The van der Waals surface area contributed by atoms with Crippen LogP contribution in [0.5, 0.6) is 6.01 Å². The maximum Gasteiger partial charge on any atom is 0.511 e. The maximum absolute atomic E-state index is 13.5. The van der Waals surface area contributed by atoms with E-state index in [4.69, 9.17) is 23.8 Å². The molecule has 17 nitrogen and oxygen atoms in total. The van der Waals surface area contributed by atoms with Crippen LogP contribution in [0, 0.1) is 5.21 Å². The number of nitrogens with zero attached hydrogens (tertiary/aromatic N) is 8.